The van der Waals surface area contributed by atoms with Crippen LogP contribution in [0.5, 0.6) is 5.75 Å². The molecule has 0 unspecified atom stereocenters. The molecule has 1 aromatic heterocycles. The number of esters is 1. The lowest BCUT2D eigenvalue weighted by Crippen LogP contribution is -2.47. The van der Waals surface area contributed by atoms with E-state index in [1.54, 1.807) is 20.8 Å². The zero-order valence-electron chi connectivity index (χ0n) is 15.4. The minimum Gasteiger partial charge on any atom is -0.465 e. The molecule has 27 heavy (non-hydrogen) atoms. The Bertz CT molecular complexity index is 789. The predicted octanol–water partition coefficient (Wildman–Crippen LogP) is 4.48. The quantitative estimate of drug-likeness (QED) is 0.480. The van der Waals surface area contributed by atoms with E-state index in [1.807, 2.05) is 0 Å². The van der Waals surface area contributed by atoms with Gasteiger partial charge >= 0.3 is 18.2 Å². The fourth-order valence-electron chi connectivity index (χ4n) is 2.36. The van der Waals surface area contributed by atoms with Crippen LogP contribution in [0.15, 0.2) is 8.78 Å². The van der Waals surface area contributed by atoms with Crippen molar-refractivity contribution in [3.8, 4) is 5.75 Å². The Kier molecular flexibility index (Phi) is 6.15. The lowest BCUT2D eigenvalue weighted by molar-refractivity contribution is -0.171. The average molecular weight is 469 g/mol. The van der Waals surface area contributed by atoms with E-state index >= 15 is 0 Å². The normalized spacial score (nSPS) is 16.4. The highest BCUT2D eigenvalue weighted by molar-refractivity contribution is 9.11. The number of fused-ring (bicyclic) bond motifs is 1. The van der Waals surface area contributed by atoms with Crippen LogP contribution >= 0.6 is 27.3 Å². The van der Waals surface area contributed by atoms with E-state index < -0.39 is 30.3 Å². The van der Waals surface area contributed by atoms with Gasteiger partial charge in [-0.1, -0.05) is 0 Å². The van der Waals surface area contributed by atoms with Gasteiger partial charge in [-0.25, -0.2) is 9.59 Å². The first-order chi connectivity index (χ1) is 12.3. The number of carbonyl (C=O) groups is 2. The summed E-state index contributed by atoms with van der Waals surface area (Å²) in [7, 11) is 1.19. The lowest BCUT2D eigenvalue weighted by Gasteiger charge is -2.34. The number of thiophene rings is 1. The van der Waals surface area contributed by atoms with Crippen LogP contribution in [-0.4, -0.2) is 49.7 Å². The molecular formula is C16H19BrF2N2O5S. The van der Waals surface area contributed by atoms with Gasteiger partial charge in [0.2, 0.25) is 0 Å². The summed E-state index contributed by atoms with van der Waals surface area (Å²) in [6.07, 6.45) is -4.30. The smallest absolute Gasteiger partial charge is 0.434 e. The average Bonchev–Trinajstić information content (AvgIpc) is 2.80. The maximum atomic E-state index is 14.0. The molecule has 0 fully saturated rings. The second kappa shape index (κ2) is 7.70. The predicted molar refractivity (Wildman–Crippen MR) is 100 cm³/mol. The summed E-state index contributed by atoms with van der Waals surface area (Å²) in [4.78, 5) is 29.0. The number of nitrogens with zero attached hydrogens (tertiary/aromatic N) is 2. The summed E-state index contributed by atoms with van der Waals surface area (Å²) in [5.74, 6) is -0.829. The van der Waals surface area contributed by atoms with Gasteiger partial charge in [0.1, 0.15) is 26.5 Å². The number of alkyl halides is 2. The number of aliphatic imine (C=N–C) groups is 1. The zero-order valence-corrected chi connectivity index (χ0v) is 17.8. The summed E-state index contributed by atoms with van der Waals surface area (Å²) < 4.78 is 42.8. The number of halogens is 3. The van der Waals surface area contributed by atoms with Crippen molar-refractivity contribution in [2.24, 2.45) is 4.99 Å². The van der Waals surface area contributed by atoms with E-state index in [-0.39, 0.29) is 32.4 Å². The van der Waals surface area contributed by atoms with Crippen molar-refractivity contribution in [2.45, 2.75) is 39.4 Å². The molecule has 0 N–H and O–H groups in total. The van der Waals surface area contributed by atoms with Crippen molar-refractivity contribution in [2.75, 3.05) is 25.1 Å². The maximum absolute atomic E-state index is 14.0. The van der Waals surface area contributed by atoms with E-state index in [2.05, 4.69) is 20.9 Å². The van der Waals surface area contributed by atoms with Crippen LogP contribution in [0.2, 0.25) is 0 Å². The molecule has 0 aliphatic carbocycles. The zero-order chi connectivity index (χ0) is 20.6. The third kappa shape index (κ3) is 5.38. The topological polar surface area (TPSA) is 77.4 Å². The van der Waals surface area contributed by atoms with Crippen molar-refractivity contribution in [1.29, 1.82) is 0 Å². The molecule has 0 saturated heterocycles. The largest absolute Gasteiger partial charge is 0.465 e. The van der Waals surface area contributed by atoms with Gasteiger partial charge in [0.05, 0.1) is 13.7 Å². The Balaban J connectivity index is 2.35. The highest BCUT2D eigenvalue weighted by Gasteiger charge is 2.45. The molecule has 2 heterocycles. The molecule has 11 heteroatoms. The Morgan fingerprint density at radius 3 is 2.59 bits per heavy atom. The number of anilines is 1. The molecule has 150 valence electrons. The van der Waals surface area contributed by atoms with Crippen molar-refractivity contribution in [1.82, 2.24) is 0 Å². The summed E-state index contributed by atoms with van der Waals surface area (Å²) in [6, 6.07) is 0. The fraction of sp³-hybridized carbons (Fsp3) is 0.562. The number of methoxy groups -OCH3 is 1. The second-order valence-electron chi connectivity index (χ2n) is 6.80. The fourth-order valence-corrected chi connectivity index (χ4v) is 4.01. The molecule has 2 rings (SSSR count). The van der Waals surface area contributed by atoms with Crippen molar-refractivity contribution < 1.29 is 32.6 Å². The van der Waals surface area contributed by atoms with E-state index in [1.165, 1.54) is 18.9 Å². The molecule has 0 atom stereocenters. The SMILES string of the molecule is COC(=O)c1sc(Br)c2c1N(C/C(C)=N/C(=O)OC(C)(C)C)CC(F)(F)O2. The Morgan fingerprint density at radius 2 is 2.04 bits per heavy atom. The van der Waals surface area contributed by atoms with E-state index in [0.29, 0.717) is 0 Å². The monoisotopic (exact) mass is 468 g/mol. The first-order valence-corrected chi connectivity index (χ1v) is 9.43. The van der Waals surface area contributed by atoms with E-state index in [9.17, 15) is 18.4 Å². The number of rotatable bonds is 3. The van der Waals surface area contributed by atoms with Crippen LogP contribution in [0.3, 0.4) is 0 Å². The molecule has 7 nitrogen and oxygen atoms in total. The number of ether oxygens (including phenoxy) is 3. The lowest BCUT2D eigenvalue weighted by atomic mass is 10.2. The van der Waals surface area contributed by atoms with Crippen molar-refractivity contribution in [3.63, 3.8) is 0 Å². The highest BCUT2D eigenvalue weighted by atomic mass is 79.9. The molecular weight excluding hydrogens is 450 g/mol. The molecule has 1 amide bonds. The van der Waals surface area contributed by atoms with Crippen molar-refractivity contribution in [3.05, 3.63) is 8.66 Å². The number of hydrogen-bond acceptors (Lipinski definition) is 7. The van der Waals surface area contributed by atoms with Crippen LogP contribution in [0.25, 0.3) is 0 Å². The third-order valence-corrected chi connectivity index (χ3v) is 4.98. The van der Waals surface area contributed by atoms with E-state index in [4.69, 9.17) is 14.2 Å². The molecule has 0 radical (unpaired) electrons. The van der Waals surface area contributed by atoms with Crippen LogP contribution in [0.4, 0.5) is 19.3 Å². The first-order valence-electron chi connectivity index (χ1n) is 7.82. The van der Waals surface area contributed by atoms with Crippen LogP contribution < -0.4 is 9.64 Å². The number of hydrogen-bond donors (Lipinski definition) is 0. The van der Waals surface area contributed by atoms with Gasteiger partial charge in [-0.15, -0.1) is 11.3 Å². The summed E-state index contributed by atoms with van der Waals surface area (Å²) in [6.45, 7) is 5.64. The number of amides is 1. The first kappa shape index (κ1) is 21.5. The molecule has 1 aliphatic rings. The van der Waals surface area contributed by atoms with Gasteiger partial charge in [-0.2, -0.15) is 13.8 Å². The molecule has 0 saturated carbocycles. The molecule has 0 bridgehead atoms. The van der Waals surface area contributed by atoms with Gasteiger partial charge in [-0.05, 0) is 43.6 Å². The molecule has 0 spiro atoms. The third-order valence-electron chi connectivity index (χ3n) is 3.21. The maximum Gasteiger partial charge on any atom is 0.434 e. The highest BCUT2D eigenvalue weighted by Crippen LogP contribution is 2.50. The summed E-state index contributed by atoms with van der Waals surface area (Å²) in [5.41, 5.74) is -0.314. The Labute approximate surface area is 167 Å². The molecule has 0 aromatic carbocycles. The Morgan fingerprint density at radius 1 is 1.41 bits per heavy atom. The van der Waals surface area contributed by atoms with Gasteiger partial charge < -0.3 is 19.1 Å². The van der Waals surface area contributed by atoms with Gasteiger partial charge in [0.25, 0.3) is 0 Å². The number of carbonyl (C=O) groups excluding carboxylic acids is 2. The van der Waals surface area contributed by atoms with Crippen LogP contribution in [-0.2, 0) is 9.47 Å². The summed E-state index contributed by atoms with van der Waals surface area (Å²) in [5, 5.41) is 0. The second-order valence-corrected chi connectivity index (χ2v) is 9.14. The van der Waals surface area contributed by atoms with Gasteiger partial charge in [-0.3, -0.25) is 0 Å². The van der Waals surface area contributed by atoms with Crippen LogP contribution in [0.1, 0.15) is 37.4 Å². The standard InChI is InChI=1S/C16H19BrF2N2O5S/c1-8(20-14(23)26-15(2,3)4)6-21-7-16(18,19)25-10-9(21)11(13(22)24-5)27-12(10)17/h6-7H2,1-5H3/b20-8+. The van der Waals surface area contributed by atoms with Gasteiger partial charge in [0.15, 0.2) is 5.75 Å². The van der Waals surface area contributed by atoms with E-state index in [0.717, 1.165) is 11.3 Å². The molecule has 1 aliphatic heterocycles. The minimum absolute atomic E-state index is 0.111. The van der Waals surface area contributed by atoms with Gasteiger partial charge in [0, 0.05) is 5.71 Å². The van der Waals surface area contributed by atoms with Crippen LogP contribution in [0, 0.1) is 0 Å². The Hall–Kier alpha value is -1.75. The molecule has 1 aromatic rings. The van der Waals surface area contributed by atoms with Crippen molar-refractivity contribution >= 4 is 50.7 Å². The minimum atomic E-state index is -3.48. The summed E-state index contributed by atoms with van der Waals surface area (Å²) >= 11 is 4.07.